The molecule has 14 heavy (non-hydrogen) atoms. The maximum Gasteiger partial charge on any atom is 0.129 e. The highest BCUT2D eigenvalue weighted by Gasteiger charge is 2.28. The SMILES string of the molecule is Cc1ccc(OC2CC(Cl)C2)cc1F. The van der Waals surface area contributed by atoms with Crippen molar-refractivity contribution in [2.45, 2.75) is 31.2 Å². The van der Waals surface area contributed by atoms with Gasteiger partial charge in [0.2, 0.25) is 0 Å². The summed E-state index contributed by atoms with van der Waals surface area (Å²) in [6.45, 7) is 1.73. The van der Waals surface area contributed by atoms with Gasteiger partial charge < -0.3 is 4.74 Å². The molecule has 0 spiro atoms. The number of alkyl halides is 1. The second-order valence-electron chi connectivity index (χ2n) is 3.72. The van der Waals surface area contributed by atoms with Crippen LogP contribution in [-0.2, 0) is 0 Å². The van der Waals surface area contributed by atoms with Crippen molar-refractivity contribution in [3.05, 3.63) is 29.6 Å². The number of halogens is 2. The highest BCUT2D eigenvalue weighted by Crippen LogP contribution is 2.30. The molecule has 0 N–H and O–H groups in total. The Morgan fingerprint density at radius 1 is 1.43 bits per heavy atom. The third kappa shape index (κ3) is 2.01. The van der Waals surface area contributed by atoms with Crippen molar-refractivity contribution in [3.63, 3.8) is 0 Å². The van der Waals surface area contributed by atoms with Crippen LogP contribution in [0.3, 0.4) is 0 Å². The molecule has 1 fully saturated rings. The molecule has 76 valence electrons. The normalized spacial score (nSPS) is 25.6. The second-order valence-corrected chi connectivity index (χ2v) is 4.34. The Bertz CT molecular complexity index is 334. The van der Waals surface area contributed by atoms with E-state index in [1.54, 1.807) is 19.1 Å². The molecule has 0 heterocycles. The number of hydrogen-bond acceptors (Lipinski definition) is 1. The largest absolute Gasteiger partial charge is 0.490 e. The van der Waals surface area contributed by atoms with Crippen LogP contribution in [0.1, 0.15) is 18.4 Å². The molecule has 0 saturated heterocycles. The molecule has 0 radical (unpaired) electrons. The zero-order chi connectivity index (χ0) is 10.1. The van der Waals surface area contributed by atoms with Crippen LogP contribution in [0.25, 0.3) is 0 Å². The molecule has 1 saturated carbocycles. The molecule has 0 amide bonds. The predicted octanol–water partition coefficient (Wildman–Crippen LogP) is 3.28. The van der Waals surface area contributed by atoms with Gasteiger partial charge >= 0.3 is 0 Å². The van der Waals surface area contributed by atoms with E-state index in [-0.39, 0.29) is 17.3 Å². The fourth-order valence-corrected chi connectivity index (χ4v) is 1.83. The molecular formula is C11H12ClFO. The lowest BCUT2D eigenvalue weighted by atomic mass is 9.95. The molecule has 2 rings (SSSR count). The van der Waals surface area contributed by atoms with E-state index in [9.17, 15) is 4.39 Å². The average molecular weight is 215 g/mol. The molecule has 1 aliphatic rings. The molecule has 3 heteroatoms. The molecule has 1 aromatic carbocycles. The van der Waals surface area contributed by atoms with Crippen molar-refractivity contribution in [1.82, 2.24) is 0 Å². The first-order chi connectivity index (χ1) is 6.65. The van der Waals surface area contributed by atoms with E-state index in [0.29, 0.717) is 11.3 Å². The maximum atomic E-state index is 13.1. The standard InChI is InChI=1S/C11H12ClFO/c1-7-2-3-9(6-11(7)13)14-10-4-8(12)5-10/h2-3,6,8,10H,4-5H2,1H3. The lowest BCUT2D eigenvalue weighted by molar-refractivity contribution is 0.123. The van der Waals surface area contributed by atoms with Crippen molar-refractivity contribution >= 4 is 11.6 Å². The van der Waals surface area contributed by atoms with Crippen LogP contribution < -0.4 is 4.74 Å². The number of rotatable bonds is 2. The number of benzene rings is 1. The van der Waals surface area contributed by atoms with Gasteiger partial charge in [-0.05, 0) is 18.6 Å². The lowest BCUT2D eigenvalue weighted by Crippen LogP contribution is -2.34. The summed E-state index contributed by atoms with van der Waals surface area (Å²) in [5.74, 6) is 0.380. The topological polar surface area (TPSA) is 9.23 Å². The summed E-state index contributed by atoms with van der Waals surface area (Å²) >= 11 is 5.81. The van der Waals surface area contributed by atoms with E-state index in [1.165, 1.54) is 6.07 Å². The Balaban J connectivity index is 2.00. The zero-order valence-electron chi connectivity index (χ0n) is 7.97. The van der Waals surface area contributed by atoms with Gasteiger partial charge in [-0.25, -0.2) is 4.39 Å². The van der Waals surface area contributed by atoms with Crippen molar-refractivity contribution in [3.8, 4) is 5.75 Å². The van der Waals surface area contributed by atoms with E-state index in [1.807, 2.05) is 0 Å². The molecule has 0 bridgehead atoms. The first-order valence-corrected chi connectivity index (χ1v) is 5.15. The van der Waals surface area contributed by atoms with E-state index >= 15 is 0 Å². The predicted molar refractivity (Wildman–Crippen MR) is 54.4 cm³/mol. The third-order valence-electron chi connectivity index (χ3n) is 2.48. The summed E-state index contributed by atoms with van der Waals surface area (Å²) in [5, 5.41) is 0.232. The van der Waals surface area contributed by atoms with E-state index in [2.05, 4.69) is 0 Å². The summed E-state index contributed by atoms with van der Waals surface area (Å²) in [5.41, 5.74) is 0.640. The fourth-order valence-electron chi connectivity index (χ4n) is 1.44. The minimum atomic E-state index is -0.218. The Labute approximate surface area is 87.8 Å². The van der Waals surface area contributed by atoms with Gasteiger partial charge in [-0.3, -0.25) is 0 Å². The summed E-state index contributed by atoms with van der Waals surface area (Å²) in [6.07, 6.45) is 1.88. The number of aryl methyl sites for hydroxylation is 1. The van der Waals surface area contributed by atoms with Crippen LogP contribution in [0, 0.1) is 12.7 Å². The van der Waals surface area contributed by atoms with Crippen LogP contribution in [0.15, 0.2) is 18.2 Å². The van der Waals surface area contributed by atoms with Crippen LogP contribution in [0.2, 0.25) is 0 Å². The monoisotopic (exact) mass is 214 g/mol. The Hall–Kier alpha value is -0.760. The number of ether oxygens (including phenoxy) is 1. The van der Waals surface area contributed by atoms with Crippen molar-refractivity contribution < 1.29 is 9.13 Å². The van der Waals surface area contributed by atoms with Gasteiger partial charge in [-0.1, -0.05) is 6.07 Å². The van der Waals surface area contributed by atoms with Crippen molar-refractivity contribution in [1.29, 1.82) is 0 Å². The van der Waals surface area contributed by atoms with Gasteiger partial charge in [0.15, 0.2) is 0 Å². The van der Waals surface area contributed by atoms with E-state index < -0.39 is 0 Å². The van der Waals surface area contributed by atoms with Crippen LogP contribution in [0.4, 0.5) is 4.39 Å². The smallest absolute Gasteiger partial charge is 0.129 e. The average Bonchev–Trinajstić information content (AvgIpc) is 2.09. The van der Waals surface area contributed by atoms with Gasteiger partial charge in [0.25, 0.3) is 0 Å². The van der Waals surface area contributed by atoms with Crippen molar-refractivity contribution in [2.24, 2.45) is 0 Å². The van der Waals surface area contributed by atoms with E-state index in [4.69, 9.17) is 16.3 Å². The Kier molecular flexibility index (Phi) is 2.64. The van der Waals surface area contributed by atoms with E-state index in [0.717, 1.165) is 12.8 Å². The second kappa shape index (κ2) is 3.77. The number of hydrogen-bond donors (Lipinski definition) is 0. The van der Waals surface area contributed by atoms with Gasteiger partial charge in [-0.2, -0.15) is 0 Å². The first kappa shape index (κ1) is 9.78. The molecule has 1 nitrogen and oxygen atoms in total. The highest BCUT2D eigenvalue weighted by atomic mass is 35.5. The summed E-state index contributed by atoms with van der Waals surface area (Å²) < 4.78 is 18.7. The highest BCUT2D eigenvalue weighted by molar-refractivity contribution is 6.21. The quantitative estimate of drug-likeness (QED) is 0.687. The molecule has 0 aromatic heterocycles. The maximum absolute atomic E-state index is 13.1. The Morgan fingerprint density at radius 3 is 2.71 bits per heavy atom. The van der Waals surface area contributed by atoms with Gasteiger partial charge in [0.05, 0.1) is 0 Å². The molecule has 0 aliphatic heterocycles. The summed E-state index contributed by atoms with van der Waals surface area (Å²) in [6, 6.07) is 4.94. The molecule has 0 atom stereocenters. The fraction of sp³-hybridized carbons (Fsp3) is 0.455. The summed E-state index contributed by atoms with van der Waals surface area (Å²) in [4.78, 5) is 0. The molecule has 0 unspecified atom stereocenters. The van der Waals surface area contributed by atoms with Crippen molar-refractivity contribution in [2.75, 3.05) is 0 Å². The molecular weight excluding hydrogens is 203 g/mol. The van der Waals surface area contributed by atoms with Crippen LogP contribution in [-0.4, -0.2) is 11.5 Å². The van der Waals surface area contributed by atoms with Crippen LogP contribution >= 0.6 is 11.6 Å². The van der Waals surface area contributed by atoms with Gasteiger partial charge in [0.1, 0.15) is 17.7 Å². The van der Waals surface area contributed by atoms with Crippen LogP contribution in [0.5, 0.6) is 5.75 Å². The minimum Gasteiger partial charge on any atom is -0.490 e. The minimum absolute atomic E-state index is 0.166. The summed E-state index contributed by atoms with van der Waals surface area (Å²) in [7, 11) is 0. The van der Waals surface area contributed by atoms with Gasteiger partial charge in [0, 0.05) is 24.3 Å². The first-order valence-electron chi connectivity index (χ1n) is 4.72. The molecule has 1 aromatic rings. The van der Waals surface area contributed by atoms with Gasteiger partial charge in [-0.15, -0.1) is 11.6 Å². The zero-order valence-corrected chi connectivity index (χ0v) is 8.72. The Morgan fingerprint density at radius 2 is 2.14 bits per heavy atom. The lowest BCUT2D eigenvalue weighted by Gasteiger charge is -2.31. The molecule has 1 aliphatic carbocycles. The third-order valence-corrected chi connectivity index (χ3v) is 2.84.